The summed E-state index contributed by atoms with van der Waals surface area (Å²) in [6.07, 6.45) is -0.903. The molecule has 0 spiro atoms. The molecule has 0 heterocycles. The van der Waals surface area contributed by atoms with Crippen LogP contribution in [0.15, 0.2) is 18.2 Å². The second-order valence-electron chi connectivity index (χ2n) is 4.26. The molecule has 0 aliphatic heterocycles. The van der Waals surface area contributed by atoms with E-state index in [0.29, 0.717) is 16.5 Å². The molecule has 1 atom stereocenters. The van der Waals surface area contributed by atoms with Crippen molar-refractivity contribution < 1.29 is 19.8 Å². The van der Waals surface area contributed by atoms with E-state index in [1.807, 2.05) is 6.92 Å². The standard InChI is InChI=1S/C13H15Cl2NO4/c1-2-3-16(7-11(17)18)13(20)12(19)8-4-9(14)6-10(15)5-8/h4-6,12,19H,2-3,7H2,1H3,(H,17,18). The highest BCUT2D eigenvalue weighted by atomic mass is 35.5. The number of carboxylic acid groups (broad SMARTS) is 1. The number of aliphatic carboxylic acids is 1. The van der Waals surface area contributed by atoms with Gasteiger partial charge in [-0.05, 0) is 30.2 Å². The molecular formula is C13H15Cl2NO4. The quantitative estimate of drug-likeness (QED) is 0.843. The molecule has 7 heteroatoms. The third-order valence-corrected chi connectivity index (χ3v) is 3.00. The SMILES string of the molecule is CCCN(CC(=O)O)C(=O)C(O)c1cc(Cl)cc(Cl)c1. The van der Waals surface area contributed by atoms with Crippen molar-refractivity contribution in [3.05, 3.63) is 33.8 Å². The summed E-state index contributed by atoms with van der Waals surface area (Å²) in [5, 5.41) is 19.4. The number of carbonyl (C=O) groups is 2. The van der Waals surface area contributed by atoms with E-state index in [1.54, 1.807) is 0 Å². The first-order chi connectivity index (χ1) is 9.35. The summed E-state index contributed by atoms with van der Waals surface area (Å²) in [7, 11) is 0. The van der Waals surface area contributed by atoms with E-state index < -0.39 is 24.5 Å². The fourth-order valence-corrected chi connectivity index (χ4v) is 2.29. The number of hydrogen-bond donors (Lipinski definition) is 2. The third-order valence-electron chi connectivity index (χ3n) is 2.57. The molecule has 0 aromatic heterocycles. The molecule has 0 saturated heterocycles. The maximum Gasteiger partial charge on any atom is 0.323 e. The zero-order valence-corrected chi connectivity index (χ0v) is 12.4. The first kappa shape index (κ1) is 16.8. The number of carbonyl (C=O) groups excluding carboxylic acids is 1. The van der Waals surface area contributed by atoms with Crippen molar-refractivity contribution in [3.63, 3.8) is 0 Å². The molecule has 20 heavy (non-hydrogen) atoms. The number of benzene rings is 1. The number of carboxylic acids is 1. The van der Waals surface area contributed by atoms with E-state index in [2.05, 4.69) is 0 Å². The lowest BCUT2D eigenvalue weighted by atomic mass is 10.1. The predicted octanol–water partition coefficient (Wildman–Crippen LogP) is 2.35. The van der Waals surface area contributed by atoms with Crippen molar-refractivity contribution in [1.29, 1.82) is 0 Å². The van der Waals surface area contributed by atoms with Gasteiger partial charge in [-0.25, -0.2) is 0 Å². The van der Waals surface area contributed by atoms with Crippen LogP contribution in [-0.2, 0) is 9.59 Å². The maximum absolute atomic E-state index is 12.1. The summed E-state index contributed by atoms with van der Waals surface area (Å²) in [5.41, 5.74) is 0.235. The number of amides is 1. The summed E-state index contributed by atoms with van der Waals surface area (Å²) in [6, 6.07) is 4.31. The Bertz CT molecular complexity index is 487. The zero-order valence-electron chi connectivity index (χ0n) is 10.8. The maximum atomic E-state index is 12.1. The van der Waals surface area contributed by atoms with Gasteiger partial charge >= 0.3 is 5.97 Å². The van der Waals surface area contributed by atoms with Crippen LogP contribution in [-0.4, -0.2) is 40.1 Å². The van der Waals surface area contributed by atoms with Gasteiger partial charge in [-0.2, -0.15) is 0 Å². The number of nitrogens with zero attached hydrogens (tertiary/aromatic N) is 1. The lowest BCUT2D eigenvalue weighted by Gasteiger charge is -2.23. The number of hydrogen-bond acceptors (Lipinski definition) is 3. The minimum absolute atomic E-state index is 0.235. The fraction of sp³-hybridized carbons (Fsp3) is 0.385. The molecule has 5 nitrogen and oxygen atoms in total. The van der Waals surface area contributed by atoms with Gasteiger partial charge in [-0.1, -0.05) is 30.1 Å². The van der Waals surface area contributed by atoms with Crippen molar-refractivity contribution in [2.75, 3.05) is 13.1 Å². The Hall–Kier alpha value is -1.30. The van der Waals surface area contributed by atoms with Gasteiger partial charge < -0.3 is 15.1 Å². The Balaban J connectivity index is 2.94. The molecular weight excluding hydrogens is 305 g/mol. The molecule has 1 aromatic rings. The Labute approximate surface area is 126 Å². The van der Waals surface area contributed by atoms with Gasteiger partial charge in [0.15, 0.2) is 6.10 Å². The van der Waals surface area contributed by atoms with Crippen LogP contribution in [0.2, 0.25) is 10.0 Å². The zero-order chi connectivity index (χ0) is 15.3. The molecule has 0 aliphatic carbocycles. The van der Waals surface area contributed by atoms with Gasteiger partial charge in [-0.3, -0.25) is 9.59 Å². The van der Waals surface area contributed by atoms with Crippen molar-refractivity contribution in [2.24, 2.45) is 0 Å². The van der Waals surface area contributed by atoms with E-state index in [0.717, 1.165) is 4.90 Å². The van der Waals surface area contributed by atoms with Crippen LogP contribution < -0.4 is 0 Å². The molecule has 0 saturated carbocycles. The third kappa shape index (κ3) is 4.67. The highest BCUT2D eigenvalue weighted by Gasteiger charge is 2.25. The smallest absolute Gasteiger partial charge is 0.323 e. The van der Waals surface area contributed by atoms with Crippen LogP contribution in [0.4, 0.5) is 0 Å². The molecule has 1 amide bonds. The monoisotopic (exact) mass is 319 g/mol. The van der Waals surface area contributed by atoms with Gasteiger partial charge in [0.1, 0.15) is 6.54 Å². The Morgan fingerprint density at radius 3 is 2.25 bits per heavy atom. The summed E-state index contributed by atoms with van der Waals surface area (Å²) >= 11 is 11.6. The van der Waals surface area contributed by atoms with Crippen LogP contribution in [0.1, 0.15) is 25.0 Å². The Morgan fingerprint density at radius 2 is 1.80 bits per heavy atom. The normalized spacial score (nSPS) is 12.0. The molecule has 0 bridgehead atoms. The lowest BCUT2D eigenvalue weighted by molar-refractivity contribution is -0.148. The highest BCUT2D eigenvalue weighted by molar-refractivity contribution is 6.34. The lowest BCUT2D eigenvalue weighted by Crippen LogP contribution is -2.39. The topological polar surface area (TPSA) is 77.8 Å². The molecule has 110 valence electrons. The molecule has 2 N–H and O–H groups in total. The molecule has 0 fully saturated rings. The van der Waals surface area contributed by atoms with Gasteiger partial charge in [0, 0.05) is 16.6 Å². The van der Waals surface area contributed by atoms with E-state index in [-0.39, 0.29) is 12.1 Å². The van der Waals surface area contributed by atoms with Crippen molar-refractivity contribution >= 4 is 35.1 Å². The van der Waals surface area contributed by atoms with Crippen LogP contribution in [0.5, 0.6) is 0 Å². The fourth-order valence-electron chi connectivity index (χ4n) is 1.75. The van der Waals surface area contributed by atoms with Crippen LogP contribution >= 0.6 is 23.2 Å². The van der Waals surface area contributed by atoms with E-state index in [4.69, 9.17) is 28.3 Å². The summed E-state index contributed by atoms with van der Waals surface area (Å²) in [5.74, 6) is -1.82. The van der Waals surface area contributed by atoms with Crippen LogP contribution in [0.25, 0.3) is 0 Å². The second kappa shape index (κ2) is 7.47. The average molecular weight is 320 g/mol. The minimum Gasteiger partial charge on any atom is -0.480 e. The predicted molar refractivity (Wildman–Crippen MR) is 75.9 cm³/mol. The molecule has 1 unspecified atom stereocenters. The first-order valence-corrected chi connectivity index (χ1v) is 6.75. The van der Waals surface area contributed by atoms with E-state index in [1.165, 1.54) is 18.2 Å². The van der Waals surface area contributed by atoms with Gasteiger partial charge in [-0.15, -0.1) is 0 Å². The molecule has 1 aromatic carbocycles. The summed E-state index contributed by atoms with van der Waals surface area (Å²) in [4.78, 5) is 23.9. The Kier molecular flexibility index (Phi) is 6.26. The van der Waals surface area contributed by atoms with Gasteiger partial charge in [0.25, 0.3) is 5.91 Å². The van der Waals surface area contributed by atoms with Gasteiger partial charge in [0.05, 0.1) is 0 Å². The van der Waals surface area contributed by atoms with Crippen molar-refractivity contribution in [3.8, 4) is 0 Å². The summed E-state index contributed by atoms with van der Waals surface area (Å²) in [6.45, 7) is 1.60. The largest absolute Gasteiger partial charge is 0.480 e. The first-order valence-electron chi connectivity index (χ1n) is 5.99. The molecule has 0 radical (unpaired) electrons. The van der Waals surface area contributed by atoms with Crippen LogP contribution in [0.3, 0.4) is 0 Å². The minimum atomic E-state index is -1.49. The average Bonchev–Trinajstić information content (AvgIpc) is 2.34. The van der Waals surface area contributed by atoms with Crippen molar-refractivity contribution in [1.82, 2.24) is 4.90 Å². The summed E-state index contributed by atoms with van der Waals surface area (Å²) < 4.78 is 0. The molecule has 0 aliphatic rings. The van der Waals surface area contributed by atoms with E-state index in [9.17, 15) is 14.7 Å². The highest BCUT2D eigenvalue weighted by Crippen LogP contribution is 2.24. The number of aliphatic hydroxyl groups excluding tert-OH is 1. The number of halogens is 2. The van der Waals surface area contributed by atoms with Crippen molar-refractivity contribution in [2.45, 2.75) is 19.4 Å². The van der Waals surface area contributed by atoms with E-state index >= 15 is 0 Å². The number of rotatable bonds is 6. The van der Waals surface area contributed by atoms with Crippen LogP contribution in [0, 0.1) is 0 Å². The van der Waals surface area contributed by atoms with Gasteiger partial charge in [0.2, 0.25) is 0 Å². The molecule has 1 rings (SSSR count). The number of aliphatic hydroxyl groups is 1. The second-order valence-corrected chi connectivity index (χ2v) is 5.13. The Morgan fingerprint density at radius 1 is 1.25 bits per heavy atom.